The van der Waals surface area contributed by atoms with Gasteiger partial charge in [-0.3, -0.25) is 9.78 Å². The van der Waals surface area contributed by atoms with Crippen molar-refractivity contribution in [3.63, 3.8) is 0 Å². The molecule has 0 unspecified atom stereocenters. The van der Waals surface area contributed by atoms with Gasteiger partial charge in [0.25, 0.3) is 5.91 Å². The average Bonchev–Trinajstić information content (AvgIpc) is 2.45. The minimum atomic E-state index is 0.0674. The highest BCUT2D eigenvalue weighted by Gasteiger charge is 2.11. The van der Waals surface area contributed by atoms with E-state index in [2.05, 4.69) is 4.98 Å². The van der Waals surface area contributed by atoms with Gasteiger partial charge in [0.05, 0.1) is 0 Å². The van der Waals surface area contributed by atoms with Crippen LogP contribution in [0, 0.1) is 6.92 Å². The first-order valence-electron chi connectivity index (χ1n) is 6.38. The van der Waals surface area contributed by atoms with Crippen LogP contribution in [0.2, 0.25) is 0 Å². The second-order valence-electron chi connectivity index (χ2n) is 4.70. The fraction of sp³-hybridized carbons (Fsp3) is 0.250. The highest BCUT2D eigenvalue weighted by atomic mass is 16.2. The normalized spacial score (nSPS) is 10.2. The summed E-state index contributed by atoms with van der Waals surface area (Å²) in [5, 5.41) is 0. The summed E-state index contributed by atoms with van der Waals surface area (Å²) in [5.74, 6) is 0.0674. The molecule has 1 aromatic carbocycles. The van der Waals surface area contributed by atoms with Gasteiger partial charge in [-0.15, -0.1) is 0 Å². The van der Waals surface area contributed by atoms with Crippen molar-refractivity contribution in [2.75, 3.05) is 13.6 Å². The lowest BCUT2D eigenvalue weighted by atomic mass is 10.1. The van der Waals surface area contributed by atoms with Crippen molar-refractivity contribution in [1.82, 2.24) is 9.88 Å². The van der Waals surface area contributed by atoms with Crippen LogP contribution in [-0.2, 0) is 6.42 Å². The Labute approximate surface area is 113 Å². The molecule has 0 saturated heterocycles. The van der Waals surface area contributed by atoms with E-state index in [4.69, 9.17) is 0 Å². The maximum Gasteiger partial charge on any atom is 0.253 e. The Morgan fingerprint density at radius 2 is 1.95 bits per heavy atom. The summed E-state index contributed by atoms with van der Waals surface area (Å²) in [6.07, 6.45) is 4.39. The minimum Gasteiger partial charge on any atom is -0.341 e. The number of carbonyl (C=O) groups excluding carboxylic acids is 1. The number of carbonyl (C=O) groups is 1. The number of likely N-dealkylation sites (N-methyl/N-ethyl adjacent to an activating group) is 1. The maximum absolute atomic E-state index is 12.2. The van der Waals surface area contributed by atoms with Gasteiger partial charge in [-0.1, -0.05) is 17.7 Å². The lowest BCUT2D eigenvalue weighted by Crippen LogP contribution is -2.28. The maximum atomic E-state index is 12.2. The molecule has 1 amide bonds. The van der Waals surface area contributed by atoms with Crippen LogP contribution in [0.1, 0.15) is 21.5 Å². The zero-order valence-corrected chi connectivity index (χ0v) is 11.3. The van der Waals surface area contributed by atoms with Gasteiger partial charge in [0.2, 0.25) is 0 Å². The smallest absolute Gasteiger partial charge is 0.253 e. The molecule has 19 heavy (non-hydrogen) atoms. The summed E-state index contributed by atoms with van der Waals surface area (Å²) in [7, 11) is 1.84. The Balaban J connectivity index is 1.96. The fourth-order valence-electron chi connectivity index (χ4n) is 1.95. The van der Waals surface area contributed by atoms with Crippen LogP contribution < -0.4 is 0 Å². The molecule has 1 aromatic heterocycles. The number of hydrogen-bond acceptors (Lipinski definition) is 2. The second kappa shape index (κ2) is 6.14. The van der Waals surface area contributed by atoms with Gasteiger partial charge in [-0.05, 0) is 43.2 Å². The van der Waals surface area contributed by atoms with Crippen LogP contribution in [-0.4, -0.2) is 29.4 Å². The lowest BCUT2D eigenvalue weighted by molar-refractivity contribution is 0.0796. The van der Waals surface area contributed by atoms with Gasteiger partial charge >= 0.3 is 0 Å². The van der Waals surface area contributed by atoms with Crippen molar-refractivity contribution in [2.24, 2.45) is 0 Å². The van der Waals surface area contributed by atoms with Crippen molar-refractivity contribution in [3.8, 4) is 0 Å². The first-order valence-corrected chi connectivity index (χ1v) is 6.38. The molecule has 0 spiro atoms. The number of amides is 1. The van der Waals surface area contributed by atoms with E-state index >= 15 is 0 Å². The standard InChI is InChI=1S/C16H18N2O/c1-13-4-3-5-15(12-13)16(19)18(2)11-8-14-6-9-17-10-7-14/h3-7,9-10,12H,8,11H2,1-2H3. The predicted molar refractivity (Wildman–Crippen MR) is 76.1 cm³/mol. The zero-order chi connectivity index (χ0) is 13.7. The quantitative estimate of drug-likeness (QED) is 0.840. The summed E-state index contributed by atoms with van der Waals surface area (Å²) < 4.78 is 0. The fourth-order valence-corrected chi connectivity index (χ4v) is 1.95. The van der Waals surface area contributed by atoms with E-state index in [1.165, 1.54) is 5.56 Å². The molecule has 0 radical (unpaired) electrons. The van der Waals surface area contributed by atoms with E-state index in [1.807, 2.05) is 50.4 Å². The van der Waals surface area contributed by atoms with Crippen LogP contribution in [0.5, 0.6) is 0 Å². The van der Waals surface area contributed by atoms with E-state index in [9.17, 15) is 4.79 Å². The van der Waals surface area contributed by atoms with Gasteiger partial charge < -0.3 is 4.90 Å². The molecule has 0 fully saturated rings. The largest absolute Gasteiger partial charge is 0.341 e. The number of aryl methyl sites for hydroxylation is 1. The van der Waals surface area contributed by atoms with Crippen LogP contribution >= 0.6 is 0 Å². The molecular weight excluding hydrogens is 236 g/mol. The monoisotopic (exact) mass is 254 g/mol. The molecule has 98 valence electrons. The van der Waals surface area contributed by atoms with Gasteiger partial charge in [0, 0.05) is 31.5 Å². The summed E-state index contributed by atoms with van der Waals surface area (Å²) in [6, 6.07) is 11.6. The van der Waals surface area contributed by atoms with E-state index in [1.54, 1.807) is 17.3 Å². The summed E-state index contributed by atoms with van der Waals surface area (Å²) in [5.41, 5.74) is 3.05. The number of aromatic nitrogens is 1. The van der Waals surface area contributed by atoms with E-state index < -0.39 is 0 Å². The van der Waals surface area contributed by atoms with Crippen LogP contribution in [0.4, 0.5) is 0 Å². The molecule has 0 bridgehead atoms. The van der Waals surface area contributed by atoms with Crippen LogP contribution in [0.3, 0.4) is 0 Å². The third-order valence-corrected chi connectivity index (χ3v) is 3.10. The summed E-state index contributed by atoms with van der Waals surface area (Å²) >= 11 is 0. The van der Waals surface area contributed by atoms with Gasteiger partial charge in [0.15, 0.2) is 0 Å². The van der Waals surface area contributed by atoms with Crippen LogP contribution in [0.15, 0.2) is 48.8 Å². The molecule has 3 heteroatoms. The van der Waals surface area contributed by atoms with Crippen molar-refractivity contribution < 1.29 is 4.79 Å². The number of rotatable bonds is 4. The predicted octanol–water partition coefficient (Wildman–Crippen LogP) is 2.70. The van der Waals surface area contributed by atoms with Crippen molar-refractivity contribution in [1.29, 1.82) is 0 Å². The molecule has 0 saturated carbocycles. The van der Waals surface area contributed by atoms with Gasteiger partial charge in [0.1, 0.15) is 0 Å². The average molecular weight is 254 g/mol. The van der Waals surface area contributed by atoms with Gasteiger partial charge in [-0.25, -0.2) is 0 Å². The molecule has 0 aliphatic carbocycles. The van der Waals surface area contributed by atoms with E-state index in [-0.39, 0.29) is 5.91 Å². The molecule has 0 N–H and O–H groups in total. The van der Waals surface area contributed by atoms with Crippen molar-refractivity contribution in [2.45, 2.75) is 13.3 Å². The lowest BCUT2D eigenvalue weighted by Gasteiger charge is -2.17. The Morgan fingerprint density at radius 1 is 1.21 bits per heavy atom. The van der Waals surface area contributed by atoms with Crippen molar-refractivity contribution >= 4 is 5.91 Å². The Bertz CT molecular complexity index is 552. The first-order chi connectivity index (χ1) is 9.16. The van der Waals surface area contributed by atoms with Crippen LogP contribution in [0.25, 0.3) is 0 Å². The molecule has 1 heterocycles. The Morgan fingerprint density at radius 3 is 2.63 bits per heavy atom. The third-order valence-electron chi connectivity index (χ3n) is 3.10. The number of pyridine rings is 1. The molecule has 2 rings (SSSR count). The Hall–Kier alpha value is -2.16. The van der Waals surface area contributed by atoms with E-state index in [0.29, 0.717) is 6.54 Å². The van der Waals surface area contributed by atoms with E-state index in [0.717, 1.165) is 17.5 Å². The Kier molecular flexibility index (Phi) is 4.29. The molecule has 2 aromatic rings. The first kappa shape index (κ1) is 13.3. The molecule has 3 nitrogen and oxygen atoms in total. The minimum absolute atomic E-state index is 0.0674. The highest BCUT2D eigenvalue weighted by Crippen LogP contribution is 2.08. The summed E-state index contributed by atoms with van der Waals surface area (Å²) in [4.78, 5) is 18.0. The number of nitrogens with zero attached hydrogens (tertiary/aromatic N) is 2. The zero-order valence-electron chi connectivity index (χ0n) is 11.3. The topological polar surface area (TPSA) is 33.2 Å². The molecular formula is C16H18N2O. The second-order valence-corrected chi connectivity index (χ2v) is 4.70. The molecule has 0 aliphatic heterocycles. The molecule has 0 atom stereocenters. The molecule has 0 aliphatic rings. The SMILES string of the molecule is Cc1cccc(C(=O)N(C)CCc2ccncc2)c1. The number of hydrogen-bond donors (Lipinski definition) is 0. The van der Waals surface area contributed by atoms with Gasteiger partial charge in [-0.2, -0.15) is 0 Å². The third kappa shape index (κ3) is 3.65. The summed E-state index contributed by atoms with van der Waals surface area (Å²) in [6.45, 7) is 2.70. The number of benzene rings is 1. The van der Waals surface area contributed by atoms with Crippen molar-refractivity contribution in [3.05, 3.63) is 65.5 Å². The highest BCUT2D eigenvalue weighted by molar-refractivity contribution is 5.94.